The molecule has 0 spiro atoms. The van der Waals surface area contributed by atoms with Gasteiger partial charge in [-0.05, 0) is 30.9 Å². The maximum atomic E-state index is 5.60. The summed E-state index contributed by atoms with van der Waals surface area (Å²) in [5.41, 5.74) is 6.73. The van der Waals surface area contributed by atoms with Crippen LogP contribution in [0.15, 0.2) is 18.3 Å². The minimum Gasteiger partial charge on any atom is -0.356 e. The predicted molar refractivity (Wildman–Crippen MR) is 68.4 cm³/mol. The molecule has 15 heavy (non-hydrogen) atoms. The molecule has 0 bridgehead atoms. The van der Waals surface area contributed by atoms with Crippen molar-refractivity contribution in [2.75, 3.05) is 24.0 Å². The van der Waals surface area contributed by atoms with Crippen molar-refractivity contribution in [3.63, 3.8) is 0 Å². The van der Waals surface area contributed by atoms with Gasteiger partial charge in [0.2, 0.25) is 0 Å². The van der Waals surface area contributed by atoms with Crippen LogP contribution in [0.3, 0.4) is 0 Å². The van der Waals surface area contributed by atoms with Crippen molar-refractivity contribution in [3.8, 4) is 0 Å². The Morgan fingerprint density at radius 2 is 2.33 bits per heavy atom. The highest BCUT2D eigenvalue weighted by Gasteiger charge is 2.10. The van der Waals surface area contributed by atoms with Crippen LogP contribution in [0.4, 0.5) is 5.82 Å². The van der Waals surface area contributed by atoms with Crippen molar-refractivity contribution < 1.29 is 0 Å². The molecule has 1 unspecified atom stereocenters. The molecule has 4 heteroatoms. The molecule has 0 saturated carbocycles. The first kappa shape index (κ1) is 12.3. The van der Waals surface area contributed by atoms with Crippen LogP contribution in [0.1, 0.15) is 12.5 Å². The van der Waals surface area contributed by atoms with Gasteiger partial charge >= 0.3 is 0 Å². The average Bonchev–Trinajstić information content (AvgIpc) is 2.28. The van der Waals surface area contributed by atoms with Crippen molar-refractivity contribution in [1.82, 2.24) is 4.98 Å². The number of thioether (sulfide) groups is 1. The van der Waals surface area contributed by atoms with Gasteiger partial charge in [-0.1, -0.05) is 0 Å². The minimum absolute atomic E-state index is 0.487. The Morgan fingerprint density at radius 3 is 2.93 bits per heavy atom. The maximum Gasteiger partial charge on any atom is 0.128 e. The van der Waals surface area contributed by atoms with Crippen LogP contribution in [0.2, 0.25) is 0 Å². The molecule has 0 aromatic carbocycles. The Bertz CT molecular complexity index is 304. The second-order valence-electron chi connectivity index (χ2n) is 3.64. The smallest absolute Gasteiger partial charge is 0.128 e. The van der Waals surface area contributed by atoms with Crippen LogP contribution in [0.25, 0.3) is 0 Å². The normalized spacial score (nSPS) is 12.5. The fourth-order valence-corrected chi connectivity index (χ4v) is 2.07. The zero-order valence-electron chi connectivity index (χ0n) is 9.60. The molecule has 1 atom stereocenters. The molecule has 1 aromatic heterocycles. The summed E-state index contributed by atoms with van der Waals surface area (Å²) >= 11 is 1.85. The van der Waals surface area contributed by atoms with Crippen molar-refractivity contribution in [1.29, 1.82) is 0 Å². The molecule has 1 aromatic rings. The molecule has 1 rings (SSSR count). The lowest BCUT2D eigenvalue weighted by atomic mass is 10.2. The summed E-state index contributed by atoms with van der Waals surface area (Å²) in [4.78, 5) is 6.54. The molecule has 0 saturated heterocycles. The number of rotatable bonds is 5. The third kappa shape index (κ3) is 3.39. The molecular weight excluding hydrogens is 206 g/mol. The van der Waals surface area contributed by atoms with Gasteiger partial charge in [0, 0.05) is 31.6 Å². The highest BCUT2D eigenvalue weighted by molar-refractivity contribution is 7.98. The summed E-state index contributed by atoms with van der Waals surface area (Å²) in [7, 11) is 2.07. The first-order valence-electron chi connectivity index (χ1n) is 5.05. The van der Waals surface area contributed by atoms with E-state index in [-0.39, 0.29) is 0 Å². The Balaban J connectivity index is 2.76. The van der Waals surface area contributed by atoms with Crippen molar-refractivity contribution in [2.24, 2.45) is 5.73 Å². The van der Waals surface area contributed by atoms with E-state index in [4.69, 9.17) is 5.73 Å². The Morgan fingerprint density at radius 1 is 1.60 bits per heavy atom. The van der Waals surface area contributed by atoms with Crippen LogP contribution in [-0.4, -0.2) is 30.1 Å². The number of nitrogens with two attached hydrogens (primary N) is 1. The molecule has 3 nitrogen and oxygen atoms in total. The molecule has 0 aliphatic carbocycles. The van der Waals surface area contributed by atoms with Gasteiger partial charge < -0.3 is 10.6 Å². The molecule has 0 fully saturated rings. The summed E-state index contributed by atoms with van der Waals surface area (Å²) in [5, 5.41) is 0. The van der Waals surface area contributed by atoms with Crippen LogP contribution >= 0.6 is 11.8 Å². The molecule has 2 N–H and O–H groups in total. The first-order valence-corrected chi connectivity index (χ1v) is 6.45. The SMILES string of the molecule is CSCC(C)N(C)c1cc(CN)ccn1. The van der Waals surface area contributed by atoms with E-state index < -0.39 is 0 Å². The van der Waals surface area contributed by atoms with Crippen LogP contribution in [0.5, 0.6) is 0 Å². The van der Waals surface area contributed by atoms with Gasteiger partial charge in [0.25, 0.3) is 0 Å². The van der Waals surface area contributed by atoms with Gasteiger partial charge in [-0.15, -0.1) is 0 Å². The Kier molecular flexibility index (Phi) is 4.91. The lowest BCUT2D eigenvalue weighted by Gasteiger charge is -2.25. The molecule has 84 valence electrons. The second-order valence-corrected chi connectivity index (χ2v) is 4.55. The molecule has 1 heterocycles. The quantitative estimate of drug-likeness (QED) is 0.828. The lowest BCUT2D eigenvalue weighted by molar-refractivity contribution is 0.752. The van der Waals surface area contributed by atoms with E-state index in [0.29, 0.717) is 12.6 Å². The Labute approximate surface area is 96.1 Å². The fraction of sp³-hybridized carbons (Fsp3) is 0.545. The van der Waals surface area contributed by atoms with Crippen LogP contribution < -0.4 is 10.6 Å². The summed E-state index contributed by atoms with van der Waals surface area (Å²) in [6, 6.07) is 4.49. The van der Waals surface area contributed by atoms with Gasteiger partial charge in [0.05, 0.1) is 0 Å². The van der Waals surface area contributed by atoms with E-state index >= 15 is 0 Å². The number of nitrogens with zero attached hydrogens (tertiary/aromatic N) is 2. The van der Waals surface area contributed by atoms with Crippen LogP contribution in [-0.2, 0) is 6.54 Å². The topological polar surface area (TPSA) is 42.1 Å². The van der Waals surface area contributed by atoms with E-state index in [9.17, 15) is 0 Å². The van der Waals surface area contributed by atoms with Gasteiger partial charge in [-0.3, -0.25) is 0 Å². The first-order chi connectivity index (χ1) is 7.19. The Hall–Kier alpha value is -0.740. The fourth-order valence-electron chi connectivity index (χ4n) is 1.36. The van der Waals surface area contributed by atoms with E-state index in [1.54, 1.807) is 0 Å². The number of aromatic nitrogens is 1. The summed E-state index contributed by atoms with van der Waals surface area (Å²) in [6.07, 6.45) is 3.94. The molecule has 0 radical (unpaired) electrons. The average molecular weight is 225 g/mol. The second kappa shape index (κ2) is 5.98. The maximum absolute atomic E-state index is 5.60. The monoisotopic (exact) mass is 225 g/mol. The highest BCUT2D eigenvalue weighted by Crippen LogP contribution is 2.15. The van der Waals surface area contributed by atoms with Gasteiger partial charge in [0.1, 0.15) is 5.82 Å². The predicted octanol–water partition coefficient (Wildman–Crippen LogP) is 1.73. The van der Waals surface area contributed by atoms with Crippen molar-refractivity contribution in [2.45, 2.75) is 19.5 Å². The largest absolute Gasteiger partial charge is 0.356 e. The van der Waals surface area contributed by atoms with E-state index in [0.717, 1.165) is 17.1 Å². The van der Waals surface area contributed by atoms with E-state index in [1.807, 2.05) is 24.0 Å². The minimum atomic E-state index is 0.487. The number of pyridine rings is 1. The van der Waals surface area contributed by atoms with Crippen LogP contribution in [0, 0.1) is 0 Å². The standard InChI is InChI=1S/C11H19N3S/c1-9(8-15-3)14(2)11-6-10(7-12)4-5-13-11/h4-6,9H,7-8,12H2,1-3H3. The summed E-state index contributed by atoms with van der Waals surface area (Å²) < 4.78 is 0. The van der Waals surface area contributed by atoms with Crippen molar-refractivity contribution >= 4 is 17.6 Å². The number of hydrogen-bond donors (Lipinski definition) is 1. The van der Waals surface area contributed by atoms with E-state index in [1.165, 1.54) is 0 Å². The van der Waals surface area contributed by atoms with Gasteiger partial charge in [0.15, 0.2) is 0 Å². The van der Waals surface area contributed by atoms with Crippen molar-refractivity contribution in [3.05, 3.63) is 23.9 Å². The third-order valence-corrected chi connectivity index (χ3v) is 3.29. The molecular formula is C11H19N3S. The number of anilines is 1. The van der Waals surface area contributed by atoms with Gasteiger partial charge in [-0.25, -0.2) is 4.98 Å². The summed E-state index contributed by atoms with van der Waals surface area (Å²) in [6.45, 7) is 2.77. The van der Waals surface area contributed by atoms with Gasteiger partial charge in [-0.2, -0.15) is 11.8 Å². The molecule has 0 aliphatic rings. The highest BCUT2D eigenvalue weighted by atomic mass is 32.2. The third-order valence-electron chi connectivity index (χ3n) is 2.48. The molecule has 0 aliphatic heterocycles. The zero-order chi connectivity index (χ0) is 11.3. The number of hydrogen-bond acceptors (Lipinski definition) is 4. The summed E-state index contributed by atoms with van der Waals surface area (Å²) in [5.74, 6) is 2.10. The lowest BCUT2D eigenvalue weighted by Crippen LogP contribution is -2.31. The zero-order valence-corrected chi connectivity index (χ0v) is 10.4. The molecule has 0 amide bonds. The van der Waals surface area contributed by atoms with E-state index in [2.05, 4.69) is 36.2 Å².